The highest BCUT2D eigenvalue weighted by molar-refractivity contribution is 6.02. The molecule has 1 aliphatic carbocycles. The molecule has 3 nitrogen and oxygen atoms in total. The molecule has 1 heterocycles. The van der Waals surface area contributed by atoms with Crippen molar-refractivity contribution in [2.45, 2.75) is 12.0 Å². The molecular weight excluding hydrogens is 234 g/mol. The van der Waals surface area contributed by atoms with Gasteiger partial charge in [-0.15, -0.1) is 0 Å². The molecule has 1 spiro atoms. The van der Waals surface area contributed by atoms with Gasteiger partial charge < -0.3 is 0 Å². The Morgan fingerprint density at radius 1 is 1.00 bits per heavy atom. The maximum absolute atomic E-state index is 9.08. The Bertz CT molecular complexity index is 707. The van der Waals surface area contributed by atoms with Crippen molar-refractivity contribution >= 4 is 5.71 Å². The van der Waals surface area contributed by atoms with E-state index in [0.29, 0.717) is 12.1 Å². The van der Waals surface area contributed by atoms with Crippen LogP contribution in [0.4, 0.5) is 0 Å². The lowest BCUT2D eigenvalue weighted by Crippen LogP contribution is -2.35. The zero-order valence-electron chi connectivity index (χ0n) is 10.2. The van der Waals surface area contributed by atoms with Crippen LogP contribution in [0.25, 0.3) is 11.1 Å². The summed E-state index contributed by atoms with van der Waals surface area (Å²) in [5.41, 5.74) is 8.32. The van der Waals surface area contributed by atoms with Crippen LogP contribution in [0.15, 0.2) is 53.6 Å². The van der Waals surface area contributed by atoms with Gasteiger partial charge >= 0.3 is 0 Å². The van der Waals surface area contributed by atoms with Crippen molar-refractivity contribution in [2.24, 2.45) is 5.10 Å². The third-order valence-corrected chi connectivity index (χ3v) is 4.01. The van der Waals surface area contributed by atoms with E-state index in [1.807, 2.05) is 12.1 Å². The molecule has 2 aromatic carbocycles. The lowest BCUT2D eigenvalue weighted by Gasteiger charge is -2.25. The van der Waals surface area contributed by atoms with E-state index in [0.717, 1.165) is 0 Å². The lowest BCUT2D eigenvalue weighted by molar-refractivity contribution is 0.472. The first-order valence-electron chi connectivity index (χ1n) is 6.28. The van der Waals surface area contributed by atoms with E-state index in [1.165, 1.54) is 22.3 Å². The molecule has 0 bridgehead atoms. The van der Waals surface area contributed by atoms with Gasteiger partial charge in [0.05, 0.1) is 0 Å². The number of nitrogens with one attached hydrogen (secondary N) is 1. The molecule has 90 valence electrons. The molecule has 1 N–H and O–H groups in total. The van der Waals surface area contributed by atoms with E-state index >= 15 is 0 Å². The number of hydrogen-bond donors (Lipinski definition) is 1. The van der Waals surface area contributed by atoms with E-state index in [2.05, 4.69) is 53.0 Å². The van der Waals surface area contributed by atoms with Crippen LogP contribution in [0, 0.1) is 11.3 Å². The fourth-order valence-corrected chi connectivity index (χ4v) is 3.19. The van der Waals surface area contributed by atoms with Crippen molar-refractivity contribution in [3.63, 3.8) is 0 Å². The van der Waals surface area contributed by atoms with Crippen LogP contribution in [0.3, 0.4) is 0 Å². The number of benzene rings is 2. The molecule has 2 aromatic rings. The Kier molecular flexibility index (Phi) is 1.88. The summed E-state index contributed by atoms with van der Waals surface area (Å²) < 4.78 is 0. The van der Waals surface area contributed by atoms with Crippen molar-refractivity contribution in [2.75, 3.05) is 0 Å². The first kappa shape index (κ1) is 10.3. The van der Waals surface area contributed by atoms with Crippen molar-refractivity contribution < 1.29 is 0 Å². The summed E-state index contributed by atoms with van der Waals surface area (Å²) in [6.45, 7) is 0. The second kappa shape index (κ2) is 3.46. The largest absolute Gasteiger partial charge is 0.294 e. The van der Waals surface area contributed by atoms with Gasteiger partial charge in [0.15, 0.2) is 0 Å². The zero-order valence-corrected chi connectivity index (χ0v) is 10.2. The molecular formula is C16H11N3. The highest BCUT2D eigenvalue weighted by Crippen LogP contribution is 2.50. The summed E-state index contributed by atoms with van der Waals surface area (Å²) in [6, 6.07) is 18.9. The number of fused-ring (bicyclic) bond motifs is 5. The SMILES string of the molecule is N#CC1=NNC2(C1)c1ccccc1-c1ccccc12. The Balaban J connectivity index is 2.01. The van der Waals surface area contributed by atoms with Crippen molar-refractivity contribution in [1.82, 2.24) is 5.43 Å². The number of nitrogens with zero attached hydrogens (tertiary/aromatic N) is 2. The third-order valence-electron chi connectivity index (χ3n) is 4.01. The fourth-order valence-electron chi connectivity index (χ4n) is 3.19. The smallest absolute Gasteiger partial charge is 0.140 e. The van der Waals surface area contributed by atoms with Crippen LogP contribution in [-0.4, -0.2) is 5.71 Å². The first-order chi connectivity index (χ1) is 9.35. The molecule has 0 saturated carbocycles. The zero-order chi connectivity index (χ0) is 12.9. The van der Waals surface area contributed by atoms with E-state index in [-0.39, 0.29) is 5.54 Å². The normalized spacial score (nSPS) is 17.3. The Hall–Kier alpha value is -2.60. The van der Waals surface area contributed by atoms with Crippen LogP contribution in [0.1, 0.15) is 17.5 Å². The van der Waals surface area contributed by atoms with Gasteiger partial charge in [-0.05, 0) is 22.3 Å². The predicted octanol–water partition coefficient (Wildman–Crippen LogP) is 2.78. The molecule has 19 heavy (non-hydrogen) atoms. The fraction of sp³-hybridized carbons (Fsp3) is 0.125. The summed E-state index contributed by atoms with van der Waals surface area (Å²) in [5.74, 6) is 0. The van der Waals surface area contributed by atoms with E-state index in [9.17, 15) is 0 Å². The summed E-state index contributed by atoms with van der Waals surface area (Å²) >= 11 is 0. The van der Waals surface area contributed by atoms with Gasteiger partial charge in [-0.1, -0.05) is 48.5 Å². The van der Waals surface area contributed by atoms with Crippen LogP contribution < -0.4 is 5.43 Å². The van der Waals surface area contributed by atoms with Crippen molar-refractivity contribution in [3.05, 3.63) is 59.7 Å². The second-order valence-corrected chi connectivity index (χ2v) is 4.96. The molecule has 0 atom stereocenters. The van der Waals surface area contributed by atoms with Gasteiger partial charge in [0.25, 0.3) is 0 Å². The first-order valence-corrected chi connectivity index (χ1v) is 6.28. The number of rotatable bonds is 0. The summed E-state index contributed by atoms with van der Waals surface area (Å²) in [7, 11) is 0. The molecule has 4 rings (SSSR count). The van der Waals surface area contributed by atoms with Crippen molar-refractivity contribution in [3.8, 4) is 17.2 Å². The minimum atomic E-state index is -0.349. The molecule has 0 amide bonds. The third kappa shape index (κ3) is 1.18. The van der Waals surface area contributed by atoms with Gasteiger partial charge in [0, 0.05) is 6.42 Å². The second-order valence-electron chi connectivity index (χ2n) is 4.96. The molecule has 0 saturated heterocycles. The predicted molar refractivity (Wildman–Crippen MR) is 73.5 cm³/mol. The number of hydrazone groups is 1. The van der Waals surface area contributed by atoms with Gasteiger partial charge in [-0.2, -0.15) is 10.4 Å². The standard InChI is InChI=1S/C16H11N3/c17-10-11-9-16(19-18-11)14-7-3-1-5-12(14)13-6-2-4-8-15(13)16/h1-8,19H,9H2. The van der Waals surface area contributed by atoms with Crippen LogP contribution in [0.2, 0.25) is 0 Å². The molecule has 1 aliphatic heterocycles. The lowest BCUT2D eigenvalue weighted by atomic mass is 9.84. The molecule has 0 aromatic heterocycles. The van der Waals surface area contributed by atoms with Crippen molar-refractivity contribution in [1.29, 1.82) is 5.26 Å². The Morgan fingerprint density at radius 2 is 1.58 bits per heavy atom. The number of hydrogen-bond acceptors (Lipinski definition) is 3. The molecule has 0 radical (unpaired) electrons. The molecule has 0 fully saturated rings. The summed E-state index contributed by atoms with van der Waals surface area (Å²) in [5, 5.41) is 13.3. The van der Waals surface area contributed by atoms with Crippen LogP contribution in [0.5, 0.6) is 0 Å². The summed E-state index contributed by atoms with van der Waals surface area (Å²) in [6.07, 6.45) is 0.623. The molecule has 2 aliphatic rings. The topological polar surface area (TPSA) is 48.2 Å². The van der Waals surface area contributed by atoms with Crippen LogP contribution in [-0.2, 0) is 5.54 Å². The van der Waals surface area contributed by atoms with E-state index in [4.69, 9.17) is 5.26 Å². The monoisotopic (exact) mass is 245 g/mol. The Morgan fingerprint density at radius 3 is 2.11 bits per heavy atom. The minimum absolute atomic E-state index is 0.349. The van der Waals surface area contributed by atoms with Crippen LogP contribution >= 0.6 is 0 Å². The molecule has 3 heteroatoms. The van der Waals surface area contributed by atoms with Gasteiger partial charge in [0.1, 0.15) is 17.3 Å². The minimum Gasteiger partial charge on any atom is -0.294 e. The van der Waals surface area contributed by atoms with Gasteiger partial charge in [-0.3, -0.25) is 5.43 Å². The van der Waals surface area contributed by atoms with E-state index in [1.54, 1.807) is 0 Å². The highest BCUT2D eigenvalue weighted by Gasteiger charge is 2.46. The maximum atomic E-state index is 9.08. The molecule has 0 unspecified atom stereocenters. The Labute approximate surface area is 111 Å². The average molecular weight is 245 g/mol. The summed E-state index contributed by atoms with van der Waals surface area (Å²) in [4.78, 5) is 0. The number of nitriles is 1. The van der Waals surface area contributed by atoms with Gasteiger partial charge in [0.2, 0.25) is 0 Å². The highest BCUT2D eigenvalue weighted by atomic mass is 15.4. The van der Waals surface area contributed by atoms with E-state index < -0.39 is 0 Å². The average Bonchev–Trinajstić information content (AvgIpc) is 3.03. The maximum Gasteiger partial charge on any atom is 0.140 e. The quantitative estimate of drug-likeness (QED) is 0.775. The van der Waals surface area contributed by atoms with Gasteiger partial charge in [-0.25, -0.2) is 0 Å².